The van der Waals surface area contributed by atoms with Gasteiger partial charge in [0.15, 0.2) is 6.10 Å². The summed E-state index contributed by atoms with van der Waals surface area (Å²) in [5.74, 6) is -0.266. The number of ketones is 1. The maximum Gasteiger partial charge on any atom is 0.312 e. The van der Waals surface area contributed by atoms with Crippen LogP contribution in [0.1, 0.15) is 23.7 Å². The summed E-state index contributed by atoms with van der Waals surface area (Å²) >= 11 is 0. The highest BCUT2D eigenvalue weighted by Crippen LogP contribution is 2.34. The van der Waals surface area contributed by atoms with Gasteiger partial charge in [0.1, 0.15) is 11.5 Å². The van der Waals surface area contributed by atoms with Crippen molar-refractivity contribution in [2.24, 2.45) is 5.92 Å². The van der Waals surface area contributed by atoms with Crippen molar-refractivity contribution in [2.75, 3.05) is 11.4 Å². The number of esters is 1. The molecule has 0 saturated carbocycles. The molecule has 1 saturated heterocycles. The molecule has 6 nitrogen and oxygen atoms in total. The highest BCUT2D eigenvalue weighted by molar-refractivity contribution is 6.02. The first-order chi connectivity index (χ1) is 18.5. The minimum atomic E-state index is -0.927. The van der Waals surface area contributed by atoms with Crippen LogP contribution in [0.15, 0.2) is 109 Å². The molecule has 0 radical (unpaired) electrons. The molecular weight excluding hydrogens is 478 g/mol. The number of Topliss-reactive ketones (excluding diaryl/α,β-unsaturated/α-hetero) is 1. The van der Waals surface area contributed by atoms with Gasteiger partial charge in [-0.1, -0.05) is 78.9 Å². The van der Waals surface area contributed by atoms with Crippen molar-refractivity contribution in [1.82, 2.24) is 0 Å². The molecule has 4 aromatic carbocycles. The zero-order valence-corrected chi connectivity index (χ0v) is 20.9. The second kappa shape index (κ2) is 11.1. The van der Waals surface area contributed by atoms with Gasteiger partial charge in [0.25, 0.3) is 0 Å². The van der Waals surface area contributed by atoms with E-state index in [1.165, 1.54) is 0 Å². The number of carbonyl (C=O) groups is 3. The molecule has 4 aromatic rings. The van der Waals surface area contributed by atoms with E-state index in [4.69, 9.17) is 9.47 Å². The first-order valence-corrected chi connectivity index (χ1v) is 12.5. The van der Waals surface area contributed by atoms with Crippen LogP contribution in [0.4, 0.5) is 5.69 Å². The smallest absolute Gasteiger partial charge is 0.312 e. The summed E-state index contributed by atoms with van der Waals surface area (Å²) in [4.78, 5) is 39.6. The summed E-state index contributed by atoms with van der Waals surface area (Å²) in [6.07, 6.45) is -0.891. The Balaban J connectivity index is 1.22. The maximum absolute atomic E-state index is 12.7. The Morgan fingerprint density at radius 3 is 2.16 bits per heavy atom. The number of hydrogen-bond acceptors (Lipinski definition) is 5. The van der Waals surface area contributed by atoms with E-state index in [1.807, 2.05) is 60.7 Å². The van der Waals surface area contributed by atoms with Crippen molar-refractivity contribution in [1.29, 1.82) is 0 Å². The molecule has 0 aliphatic carbocycles. The third-order valence-electron chi connectivity index (χ3n) is 6.53. The second-order valence-corrected chi connectivity index (χ2v) is 9.17. The van der Waals surface area contributed by atoms with Gasteiger partial charge < -0.3 is 14.4 Å². The van der Waals surface area contributed by atoms with Crippen LogP contribution in [-0.4, -0.2) is 30.3 Å². The Morgan fingerprint density at radius 2 is 1.45 bits per heavy atom. The third-order valence-corrected chi connectivity index (χ3v) is 6.53. The zero-order chi connectivity index (χ0) is 26.5. The molecule has 190 valence electrons. The van der Waals surface area contributed by atoms with Gasteiger partial charge in [-0.15, -0.1) is 0 Å². The molecule has 0 aromatic heterocycles. The third kappa shape index (κ3) is 5.49. The molecule has 1 amide bonds. The summed E-state index contributed by atoms with van der Waals surface area (Å²) < 4.78 is 11.6. The fourth-order valence-electron chi connectivity index (χ4n) is 4.51. The molecule has 6 heteroatoms. The summed E-state index contributed by atoms with van der Waals surface area (Å²) in [5.41, 5.74) is 3.18. The number of nitrogens with zero attached hydrogens (tertiary/aromatic N) is 1. The lowest BCUT2D eigenvalue weighted by molar-refractivity contribution is -0.151. The Kier molecular flexibility index (Phi) is 7.31. The van der Waals surface area contributed by atoms with Crippen LogP contribution in [0.5, 0.6) is 11.5 Å². The summed E-state index contributed by atoms with van der Waals surface area (Å²) in [6.45, 7) is 1.75. The lowest BCUT2D eigenvalue weighted by Crippen LogP contribution is -2.30. The molecular formula is C32H27NO5. The topological polar surface area (TPSA) is 72.9 Å². The van der Waals surface area contributed by atoms with Crippen molar-refractivity contribution in [3.63, 3.8) is 0 Å². The van der Waals surface area contributed by atoms with Gasteiger partial charge in [0.2, 0.25) is 11.7 Å². The van der Waals surface area contributed by atoms with Gasteiger partial charge >= 0.3 is 5.97 Å². The van der Waals surface area contributed by atoms with Gasteiger partial charge in [0.05, 0.1) is 5.92 Å². The molecule has 38 heavy (non-hydrogen) atoms. The number of ether oxygens (including phenoxy) is 2. The van der Waals surface area contributed by atoms with Crippen LogP contribution < -0.4 is 9.64 Å². The van der Waals surface area contributed by atoms with Crippen LogP contribution in [0, 0.1) is 5.92 Å². The fourth-order valence-corrected chi connectivity index (χ4v) is 4.51. The highest BCUT2D eigenvalue weighted by atomic mass is 16.5. The summed E-state index contributed by atoms with van der Waals surface area (Å²) in [6, 6.07) is 33.7. The van der Waals surface area contributed by atoms with Crippen molar-refractivity contribution >= 4 is 23.3 Å². The predicted molar refractivity (Wildman–Crippen MR) is 145 cm³/mol. The predicted octanol–water partition coefficient (Wildman–Crippen LogP) is 6.31. The quantitative estimate of drug-likeness (QED) is 0.207. The monoisotopic (exact) mass is 505 g/mol. The van der Waals surface area contributed by atoms with E-state index >= 15 is 0 Å². The highest BCUT2D eigenvalue weighted by Gasteiger charge is 2.37. The maximum atomic E-state index is 12.7. The normalized spacial score (nSPS) is 15.7. The number of anilines is 1. The van der Waals surface area contributed by atoms with Crippen LogP contribution in [0.3, 0.4) is 0 Å². The van der Waals surface area contributed by atoms with E-state index in [0.29, 0.717) is 17.0 Å². The number of amides is 1. The Bertz CT molecular complexity index is 1430. The Hall–Kier alpha value is -4.71. The Morgan fingerprint density at radius 1 is 0.816 bits per heavy atom. The van der Waals surface area contributed by atoms with Crippen LogP contribution in [-0.2, 0) is 14.3 Å². The van der Waals surface area contributed by atoms with Crippen molar-refractivity contribution in [3.8, 4) is 22.6 Å². The lowest BCUT2D eigenvalue weighted by Gasteiger charge is -2.18. The number of benzene rings is 4. The molecule has 5 rings (SSSR count). The SMILES string of the molecule is C[C@@H](OC(=O)[C@@H]1CC(=O)N(c2ccc(Oc3ccccc3-c3ccccc3)cc2)C1)C(=O)c1ccccc1. The largest absolute Gasteiger partial charge is 0.457 e. The van der Waals surface area contributed by atoms with Gasteiger partial charge in [0, 0.05) is 29.8 Å². The van der Waals surface area contributed by atoms with Gasteiger partial charge in [-0.25, -0.2) is 0 Å². The van der Waals surface area contributed by atoms with E-state index in [0.717, 1.165) is 16.9 Å². The van der Waals surface area contributed by atoms with E-state index < -0.39 is 18.0 Å². The summed E-state index contributed by atoms with van der Waals surface area (Å²) in [7, 11) is 0. The fraction of sp³-hybridized carbons (Fsp3) is 0.156. The molecule has 1 fully saturated rings. The minimum Gasteiger partial charge on any atom is -0.457 e. The molecule has 0 unspecified atom stereocenters. The molecule has 0 bridgehead atoms. The van der Waals surface area contributed by atoms with Crippen LogP contribution in [0.25, 0.3) is 11.1 Å². The number of para-hydroxylation sites is 1. The summed E-state index contributed by atoms with van der Waals surface area (Å²) in [5, 5.41) is 0. The van der Waals surface area contributed by atoms with Crippen molar-refractivity contribution in [2.45, 2.75) is 19.4 Å². The molecule has 0 N–H and O–H groups in total. The van der Waals surface area contributed by atoms with Gasteiger partial charge in [-0.3, -0.25) is 14.4 Å². The van der Waals surface area contributed by atoms with Crippen LogP contribution >= 0.6 is 0 Å². The molecule has 2 atom stereocenters. The van der Waals surface area contributed by atoms with Gasteiger partial charge in [-0.05, 0) is 42.8 Å². The molecule has 1 aliphatic heterocycles. The van der Waals surface area contributed by atoms with Crippen LogP contribution in [0.2, 0.25) is 0 Å². The average molecular weight is 506 g/mol. The zero-order valence-electron chi connectivity index (χ0n) is 20.9. The van der Waals surface area contributed by atoms with E-state index in [-0.39, 0.29) is 24.7 Å². The van der Waals surface area contributed by atoms with Crippen molar-refractivity contribution < 1.29 is 23.9 Å². The molecule has 0 spiro atoms. The first kappa shape index (κ1) is 25.0. The van der Waals surface area contributed by atoms with Crippen molar-refractivity contribution in [3.05, 3.63) is 115 Å². The standard InChI is InChI=1S/C32H27NO5/c1-22(31(35)24-12-6-3-7-13-24)37-32(36)25-20-30(34)33(21-25)26-16-18-27(19-17-26)38-29-15-9-8-14-28(29)23-10-4-2-5-11-23/h2-19,22,25H,20-21H2,1H3/t22-,25-/m1/s1. The van der Waals surface area contributed by atoms with E-state index in [2.05, 4.69) is 0 Å². The number of hydrogen-bond donors (Lipinski definition) is 0. The van der Waals surface area contributed by atoms with E-state index in [1.54, 1.807) is 60.4 Å². The first-order valence-electron chi connectivity index (χ1n) is 12.5. The number of carbonyl (C=O) groups excluding carboxylic acids is 3. The number of rotatable bonds is 8. The van der Waals surface area contributed by atoms with Gasteiger partial charge in [-0.2, -0.15) is 0 Å². The lowest BCUT2D eigenvalue weighted by atomic mass is 10.0. The average Bonchev–Trinajstić information content (AvgIpc) is 3.36. The minimum absolute atomic E-state index is 0.0355. The molecule has 1 aliphatic rings. The van der Waals surface area contributed by atoms with E-state index in [9.17, 15) is 14.4 Å². The Labute approximate surface area is 221 Å². The second-order valence-electron chi connectivity index (χ2n) is 9.17. The molecule has 1 heterocycles.